The van der Waals surface area contributed by atoms with Crippen LogP contribution in [0.4, 0.5) is 5.82 Å². The monoisotopic (exact) mass is 286 g/mol. The second-order valence-electron chi connectivity index (χ2n) is 4.69. The summed E-state index contributed by atoms with van der Waals surface area (Å²) in [5, 5.41) is 4.59. The third kappa shape index (κ3) is 4.00. The molecule has 1 aromatic rings. The van der Waals surface area contributed by atoms with Crippen molar-refractivity contribution in [2.75, 3.05) is 38.3 Å². The van der Waals surface area contributed by atoms with E-state index in [4.69, 9.17) is 11.6 Å². The Balaban J connectivity index is 1.88. The summed E-state index contributed by atoms with van der Waals surface area (Å²) in [6.07, 6.45) is 4.45. The zero-order valence-corrected chi connectivity index (χ0v) is 12.4. The van der Waals surface area contributed by atoms with Crippen molar-refractivity contribution < 1.29 is 0 Å². The minimum atomic E-state index is 0.500. The Labute approximate surface area is 118 Å². The van der Waals surface area contributed by atoms with Crippen LogP contribution in [0.2, 0.25) is 5.15 Å². The summed E-state index contributed by atoms with van der Waals surface area (Å²) in [6, 6.07) is 1.79. The van der Waals surface area contributed by atoms with Gasteiger partial charge in [-0.15, -0.1) is 0 Å². The molecule has 1 aromatic heterocycles. The van der Waals surface area contributed by atoms with Crippen LogP contribution in [0.3, 0.4) is 0 Å². The first-order valence-corrected chi connectivity index (χ1v) is 7.78. The van der Waals surface area contributed by atoms with Crippen LogP contribution in [-0.4, -0.2) is 47.8 Å². The maximum Gasteiger partial charge on any atom is 0.190 e. The zero-order valence-electron chi connectivity index (χ0n) is 10.8. The van der Waals surface area contributed by atoms with Crippen molar-refractivity contribution in [3.63, 3.8) is 0 Å². The van der Waals surface area contributed by atoms with Crippen molar-refractivity contribution in [2.45, 2.75) is 18.0 Å². The number of halogens is 1. The lowest BCUT2D eigenvalue weighted by atomic mass is 9.97. The van der Waals surface area contributed by atoms with Gasteiger partial charge in [-0.05, 0) is 45.2 Å². The Morgan fingerprint density at radius 1 is 1.44 bits per heavy atom. The highest BCUT2D eigenvalue weighted by atomic mass is 35.5. The summed E-state index contributed by atoms with van der Waals surface area (Å²) < 4.78 is 0. The van der Waals surface area contributed by atoms with Gasteiger partial charge in [-0.1, -0.05) is 23.4 Å². The summed E-state index contributed by atoms with van der Waals surface area (Å²) in [4.78, 5) is 10.9. The van der Waals surface area contributed by atoms with Gasteiger partial charge in [0, 0.05) is 12.6 Å². The average molecular weight is 287 g/mol. The summed E-state index contributed by atoms with van der Waals surface area (Å²) in [5.74, 6) is 1.56. The normalized spacial score (nSPS) is 17.9. The Hall–Kier alpha value is -0.520. The number of anilines is 1. The van der Waals surface area contributed by atoms with Crippen LogP contribution in [0, 0.1) is 5.92 Å². The van der Waals surface area contributed by atoms with E-state index in [9.17, 15) is 0 Å². The molecule has 2 heterocycles. The van der Waals surface area contributed by atoms with Crippen molar-refractivity contribution in [1.82, 2.24) is 14.9 Å². The highest BCUT2D eigenvalue weighted by Crippen LogP contribution is 2.19. The Bertz CT molecular complexity index is 394. The predicted molar refractivity (Wildman–Crippen MR) is 77.5 cm³/mol. The van der Waals surface area contributed by atoms with E-state index in [1.54, 1.807) is 6.07 Å². The first-order chi connectivity index (χ1) is 8.67. The molecule has 1 aliphatic heterocycles. The van der Waals surface area contributed by atoms with Gasteiger partial charge in [0.1, 0.15) is 11.0 Å². The number of aromatic nitrogens is 2. The van der Waals surface area contributed by atoms with Gasteiger partial charge < -0.3 is 10.2 Å². The molecule has 0 saturated carbocycles. The number of rotatable bonds is 4. The van der Waals surface area contributed by atoms with Crippen molar-refractivity contribution in [1.29, 1.82) is 0 Å². The van der Waals surface area contributed by atoms with E-state index >= 15 is 0 Å². The van der Waals surface area contributed by atoms with Crippen molar-refractivity contribution in [3.8, 4) is 0 Å². The molecular formula is C12H19ClN4S. The topological polar surface area (TPSA) is 41.1 Å². The first kappa shape index (κ1) is 13.9. The molecule has 0 unspecified atom stereocenters. The van der Waals surface area contributed by atoms with E-state index < -0.39 is 0 Å². The van der Waals surface area contributed by atoms with Crippen LogP contribution in [-0.2, 0) is 0 Å². The molecule has 0 bridgehead atoms. The second kappa shape index (κ2) is 6.59. The fourth-order valence-corrected chi connectivity index (χ4v) is 2.71. The SMILES string of the molecule is CSc1nc(Cl)cc(NCC2CCN(C)CC2)n1. The van der Waals surface area contributed by atoms with Gasteiger partial charge in [0.25, 0.3) is 0 Å². The molecule has 0 aromatic carbocycles. The first-order valence-electron chi connectivity index (χ1n) is 6.18. The fourth-order valence-electron chi connectivity index (χ4n) is 2.09. The highest BCUT2D eigenvalue weighted by molar-refractivity contribution is 7.98. The van der Waals surface area contributed by atoms with E-state index in [0.29, 0.717) is 10.3 Å². The minimum Gasteiger partial charge on any atom is -0.370 e. The second-order valence-corrected chi connectivity index (χ2v) is 5.85. The lowest BCUT2D eigenvalue weighted by molar-refractivity contribution is 0.226. The van der Waals surface area contributed by atoms with E-state index in [1.807, 2.05) is 6.26 Å². The number of piperidine rings is 1. The van der Waals surface area contributed by atoms with Crippen LogP contribution >= 0.6 is 23.4 Å². The molecule has 18 heavy (non-hydrogen) atoms. The third-order valence-electron chi connectivity index (χ3n) is 3.27. The summed E-state index contributed by atoms with van der Waals surface area (Å²) in [6.45, 7) is 3.34. The maximum atomic E-state index is 5.96. The van der Waals surface area contributed by atoms with Gasteiger partial charge >= 0.3 is 0 Å². The largest absolute Gasteiger partial charge is 0.370 e. The van der Waals surface area contributed by atoms with Crippen LogP contribution in [0.1, 0.15) is 12.8 Å². The molecule has 0 atom stereocenters. The van der Waals surface area contributed by atoms with Gasteiger partial charge in [0.2, 0.25) is 0 Å². The molecule has 100 valence electrons. The van der Waals surface area contributed by atoms with Gasteiger partial charge in [-0.25, -0.2) is 9.97 Å². The Morgan fingerprint density at radius 2 is 2.17 bits per heavy atom. The van der Waals surface area contributed by atoms with Crippen LogP contribution in [0.25, 0.3) is 0 Å². The third-order valence-corrected chi connectivity index (χ3v) is 4.01. The number of likely N-dealkylation sites (tertiary alicyclic amines) is 1. The van der Waals surface area contributed by atoms with Crippen LogP contribution < -0.4 is 5.32 Å². The van der Waals surface area contributed by atoms with Crippen molar-refractivity contribution in [2.24, 2.45) is 5.92 Å². The lowest BCUT2D eigenvalue weighted by Crippen LogP contribution is -2.33. The molecule has 6 heteroatoms. The van der Waals surface area contributed by atoms with E-state index in [1.165, 1.54) is 37.7 Å². The van der Waals surface area contributed by atoms with Gasteiger partial charge in [0.05, 0.1) is 0 Å². The molecular weight excluding hydrogens is 268 g/mol. The maximum absolute atomic E-state index is 5.96. The molecule has 0 spiro atoms. The smallest absolute Gasteiger partial charge is 0.190 e. The summed E-state index contributed by atoms with van der Waals surface area (Å²) in [7, 11) is 2.18. The zero-order chi connectivity index (χ0) is 13.0. The number of hydrogen-bond donors (Lipinski definition) is 1. The van der Waals surface area contributed by atoms with E-state index in [-0.39, 0.29) is 0 Å². The molecule has 1 aliphatic rings. The standard InChI is InChI=1S/C12H19ClN4S/c1-17-5-3-9(4-6-17)8-14-11-7-10(13)15-12(16-11)18-2/h7,9H,3-6,8H2,1-2H3,(H,14,15,16). The quantitative estimate of drug-likeness (QED) is 0.523. The molecule has 0 aliphatic carbocycles. The van der Waals surface area contributed by atoms with Crippen LogP contribution in [0.5, 0.6) is 0 Å². The molecule has 1 N–H and O–H groups in total. The molecule has 1 fully saturated rings. The van der Waals surface area contributed by atoms with E-state index in [2.05, 4.69) is 27.2 Å². The molecule has 2 rings (SSSR count). The van der Waals surface area contributed by atoms with Crippen molar-refractivity contribution >= 4 is 29.2 Å². The Kier molecular flexibility index (Phi) is 5.09. The van der Waals surface area contributed by atoms with Gasteiger partial charge in [-0.3, -0.25) is 0 Å². The summed E-state index contributed by atoms with van der Waals surface area (Å²) in [5.41, 5.74) is 0. The number of nitrogens with one attached hydrogen (secondary N) is 1. The average Bonchev–Trinajstić information content (AvgIpc) is 2.37. The summed E-state index contributed by atoms with van der Waals surface area (Å²) >= 11 is 7.46. The Morgan fingerprint density at radius 3 is 2.83 bits per heavy atom. The fraction of sp³-hybridized carbons (Fsp3) is 0.667. The van der Waals surface area contributed by atoms with Gasteiger partial charge in [-0.2, -0.15) is 0 Å². The molecule has 0 amide bonds. The van der Waals surface area contributed by atoms with Gasteiger partial charge in [0.15, 0.2) is 5.16 Å². The minimum absolute atomic E-state index is 0.500. The van der Waals surface area contributed by atoms with E-state index in [0.717, 1.165) is 18.3 Å². The number of thioether (sulfide) groups is 1. The molecule has 1 saturated heterocycles. The van der Waals surface area contributed by atoms with Crippen molar-refractivity contribution in [3.05, 3.63) is 11.2 Å². The number of nitrogens with zero attached hydrogens (tertiary/aromatic N) is 3. The molecule has 0 radical (unpaired) electrons. The predicted octanol–water partition coefficient (Wildman–Crippen LogP) is 2.61. The molecule has 4 nitrogen and oxygen atoms in total. The highest BCUT2D eigenvalue weighted by Gasteiger charge is 2.16. The van der Waals surface area contributed by atoms with Crippen LogP contribution in [0.15, 0.2) is 11.2 Å². The number of hydrogen-bond acceptors (Lipinski definition) is 5. The lowest BCUT2D eigenvalue weighted by Gasteiger charge is -2.29.